The van der Waals surface area contributed by atoms with E-state index < -0.39 is 16.8 Å². The molecule has 34 heavy (non-hydrogen) atoms. The molecule has 1 amide bonds. The predicted molar refractivity (Wildman–Crippen MR) is 124 cm³/mol. The molecule has 3 aromatic carbocycles. The average molecular weight is 478 g/mol. The number of oxazole rings is 1. The summed E-state index contributed by atoms with van der Waals surface area (Å²) in [5, 5.41) is 13.4. The molecule has 0 fully saturated rings. The van der Waals surface area contributed by atoms with Gasteiger partial charge in [0, 0.05) is 17.7 Å². The number of anilines is 1. The van der Waals surface area contributed by atoms with Gasteiger partial charge in [-0.05, 0) is 18.2 Å². The Morgan fingerprint density at radius 2 is 1.76 bits per heavy atom. The number of nitro groups is 1. The minimum absolute atomic E-state index is 0.0173. The number of carbonyl (C=O) groups excluding carboxylic acids is 2. The van der Waals surface area contributed by atoms with E-state index in [1.807, 2.05) is 30.3 Å². The van der Waals surface area contributed by atoms with Crippen molar-refractivity contribution in [3.63, 3.8) is 0 Å². The molecule has 4 aromatic rings. The lowest BCUT2D eigenvalue weighted by Gasteiger charge is -2.11. The molecule has 10 heteroatoms. The highest BCUT2D eigenvalue weighted by molar-refractivity contribution is 6.34. The molecule has 0 saturated carbocycles. The van der Waals surface area contributed by atoms with Gasteiger partial charge < -0.3 is 14.5 Å². The molecule has 1 N–H and O–H groups in total. The molecule has 4 rings (SSSR count). The van der Waals surface area contributed by atoms with Gasteiger partial charge in [-0.3, -0.25) is 14.9 Å². The number of carbonyl (C=O) groups is 2. The van der Waals surface area contributed by atoms with Crippen LogP contribution in [-0.4, -0.2) is 21.8 Å². The summed E-state index contributed by atoms with van der Waals surface area (Å²) < 4.78 is 10.9. The lowest BCUT2D eigenvalue weighted by molar-refractivity contribution is -0.384. The molecule has 1 aromatic heterocycles. The molecular weight excluding hydrogens is 462 g/mol. The summed E-state index contributed by atoms with van der Waals surface area (Å²) in [6, 6.07) is 19.1. The van der Waals surface area contributed by atoms with Crippen molar-refractivity contribution >= 4 is 34.9 Å². The lowest BCUT2D eigenvalue weighted by atomic mass is 10.1. The number of rotatable bonds is 7. The number of hydrogen-bond acceptors (Lipinski definition) is 7. The molecule has 9 nitrogen and oxygen atoms in total. The van der Waals surface area contributed by atoms with Crippen molar-refractivity contribution in [2.75, 3.05) is 5.32 Å². The molecule has 0 bridgehead atoms. The molecule has 0 aliphatic heterocycles. The fraction of sp³-hybridized carbons (Fsp3) is 0.0417. The number of nitrogens with zero attached hydrogens (tertiary/aromatic N) is 2. The smallest absolute Gasteiger partial charge is 0.340 e. The van der Waals surface area contributed by atoms with E-state index in [0.29, 0.717) is 5.76 Å². The Bertz CT molecular complexity index is 1370. The topological polar surface area (TPSA) is 125 Å². The number of ether oxygens (including phenoxy) is 1. The van der Waals surface area contributed by atoms with E-state index in [-0.39, 0.29) is 40.0 Å². The third-order valence-corrected chi connectivity index (χ3v) is 5.05. The quantitative estimate of drug-likeness (QED) is 0.211. The van der Waals surface area contributed by atoms with Crippen molar-refractivity contribution in [1.29, 1.82) is 0 Å². The third kappa shape index (κ3) is 5.11. The van der Waals surface area contributed by atoms with E-state index in [1.165, 1.54) is 24.3 Å². The number of nitrogens with one attached hydrogen (secondary N) is 1. The van der Waals surface area contributed by atoms with Crippen LogP contribution in [0.25, 0.3) is 11.3 Å². The van der Waals surface area contributed by atoms with Crippen LogP contribution in [0.5, 0.6) is 0 Å². The van der Waals surface area contributed by atoms with Crippen LogP contribution in [0.1, 0.15) is 26.6 Å². The van der Waals surface area contributed by atoms with Crippen LogP contribution in [0.4, 0.5) is 11.4 Å². The van der Waals surface area contributed by atoms with Crippen LogP contribution in [-0.2, 0) is 11.3 Å². The summed E-state index contributed by atoms with van der Waals surface area (Å²) >= 11 is 6.03. The van der Waals surface area contributed by atoms with Crippen molar-refractivity contribution in [3.05, 3.63) is 111 Å². The van der Waals surface area contributed by atoms with E-state index in [0.717, 1.165) is 11.6 Å². The second kappa shape index (κ2) is 9.97. The highest BCUT2D eigenvalue weighted by atomic mass is 35.5. The molecule has 1 heterocycles. The van der Waals surface area contributed by atoms with Gasteiger partial charge in [0.1, 0.15) is 0 Å². The number of non-ortho nitro benzene ring substituents is 1. The zero-order valence-corrected chi connectivity index (χ0v) is 18.2. The molecule has 0 atom stereocenters. The first-order valence-corrected chi connectivity index (χ1v) is 10.3. The number of esters is 1. The van der Waals surface area contributed by atoms with Gasteiger partial charge in [-0.1, -0.05) is 54.1 Å². The SMILES string of the molecule is O=C(Nc1ccccc1C(=O)OCc1ncc(-c2ccccc2)o1)c1ccc([N+](=O)[O-])cc1Cl. The van der Waals surface area contributed by atoms with Gasteiger partial charge in [0.05, 0.1) is 33.0 Å². The number of amides is 1. The number of nitro benzene ring substituents is 1. The monoisotopic (exact) mass is 477 g/mol. The Labute approximate surface area is 198 Å². The van der Waals surface area contributed by atoms with Crippen molar-refractivity contribution in [1.82, 2.24) is 4.98 Å². The van der Waals surface area contributed by atoms with E-state index in [9.17, 15) is 19.7 Å². The number of para-hydroxylation sites is 1. The largest absolute Gasteiger partial charge is 0.452 e. The number of aromatic nitrogens is 1. The van der Waals surface area contributed by atoms with E-state index in [1.54, 1.807) is 18.3 Å². The van der Waals surface area contributed by atoms with Crippen molar-refractivity contribution in [2.45, 2.75) is 6.61 Å². The Hall–Kier alpha value is -4.50. The zero-order chi connectivity index (χ0) is 24.1. The summed E-state index contributed by atoms with van der Waals surface area (Å²) in [6.45, 7) is -0.206. The maximum Gasteiger partial charge on any atom is 0.340 e. The summed E-state index contributed by atoms with van der Waals surface area (Å²) in [5.41, 5.74) is 0.898. The first-order valence-electron chi connectivity index (χ1n) is 9.94. The van der Waals surface area contributed by atoms with Gasteiger partial charge in [-0.15, -0.1) is 0 Å². The van der Waals surface area contributed by atoms with E-state index >= 15 is 0 Å². The molecule has 0 unspecified atom stereocenters. The number of hydrogen-bond donors (Lipinski definition) is 1. The van der Waals surface area contributed by atoms with Gasteiger partial charge in [0.25, 0.3) is 11.6 Å². The van der Waals surface area contributed by atoms with Crippen molar-refractivity contribution in [2.24, 2.45) is 0 Å². The van der Waals surface area contributed by atoms with Gasteiger partial charge >= 0.3 is 5.97 Å². The summed E-state index contributed by atoms with van der Waals surface area (Å²) in [6.07, 6.45) is 1.54. The Morgan fingerprint density at radius 3 is 2.50 bits per heavy atom. The maximum absolute atomic E-state index is 12.7. The van der Waals surface area contributed by atoms with Gasteiger partial charge in [-0.25, -0.2) is 9.78 Å². The Balaban J connectivity index is 1.45. The molecule has 170 valence electrons. The second-order valence-electron chi connectivity index (χ2n) is 6.98. The molecule has 0 aliphatic carbocycles. The summed E-state index contributed by atoms with van der Waals surface area (Å²) in [5.74, 6) is -0.587. The number of halogens is 1. The summed E-state index contributed by atoms with van der Waals surface area (Å²) in [4.78, 5) is 39.7. The van der Waals surface area contributed by atoms with Gasteiger partial charge in [-0.2, -0.15) is 0 Å². The van der Waals surface area contributed by atoms with Crippen LogP contribution in [0, 0.1) is 10.1 Å². The zero-order valence-electron chi connectivity index (χ0n) is 17.4. The molecule has 0 aliphatic rings. The highest BCUT2D eigenvalue weighted by Crippen LogP contribution is 2.25. The van der Waals surface area contributed by atoms with Gasteiger partial charge in [0.2, 0.25) is 5.89 Å². The van der Waals surface area contributed by atoms with E-state index in [4.69, 9.17) is 20.8 Å². The third-order valence-electron chi connectivity index (χ3n) is 4.74. The fourth-order valence-corrected chi connectivity index (χ4v) is 3.34. The molecule has 0 spiro atoms. The Morgan fingerprint density at radius 1 is 1.03 bits per heavy atom. The van der Waals surface area contributed by atoms with Crippen LogP contribution >= 0.6 is 11.6 Å². The number of benzene rings is 3. The van der Waals surface area contributed by atoms with Gasteiger partial charge in [0.15, 0.2) is 12.4 Å². The average Bonchev–Trinajstić information content (AvgIpc) is 3.32. The second-order valence-corrected chi connectivity index (χ2v) is 7.39. The minimum Gasteiger partial charge on any atom is -0.452 e. The van der Waals surface area contributed by atoms with Crippen LogP contribution < -0.4 is 5.32 Å². The van der Waals surface area contributed by atoms with Crippen molar-refractivity contribution < 1.29 is 23.7 Å². The lowest BCUT2D eigenvalue weighted by Crippen LogP contribution is -2.16. The van der Waals surface area contributed by atoms with Crippen LogP contribution in [0.15, 0.2) is 83.4 Å². The predicted octanol–water partition coefficient (Wildman–Crippen LogP) is 5.51. The maximum atomic E-state index is 12.7. The Kier molecular flexibility index (Phi) is 6.65. The first-order chi connectivity index (χ1) is 16.4. The highest BCUT2D eigenvalue weighted by Gasteiger charge is 2.19. The normalized spacial score (nSPS) is 10.5. The van der Waals surface area contributed by atoms with E-state index in [2.05, 4.69) is 10.3 Å². The fourth-order valence-electron chi connectivity index (χ4n) is 3.08. The van der Waals surface area contributed by atoms with Crippen LogP contribution in [0.3, 0.4) is 0 Å². The minimum atomic E-state index is -0.704. The molecule has 0 saturated heterocycles. The standard InChI is InChI=1S/C24H16ClN3O6/c25-19-12-16(28(31)32)10-11-17(19)23(29)27-20-9-5-4-8-18(20)24(30)33-14-22-26-13-21(34-22)15-6-2-1-3-7-15/h1-13H,14H2,(H,27,29). The molecule has 0 radical (unpaired) electrons. The molecular formula is C24H16ClN3O6. The summed E-state index contributed by atoms with van der Waals surface area (Å²) in [7, 11) is 0. The first kappa shape index (κ1) is 22.7. The van der Waals surface area contributed by atoms with Crippen LogP contribution in [0.2, 0.25) is 5.02 Å². The van der Waals surface area contributed by atoms with Crippen molar-refractivity contribution in [3.8, 4) is 11.3 Å².